The first-order valence-electron chi connectivity index (χ1n) is 6.42. The van der Waals surface area contributed by atoms with Crippen LogP contribution in [0.3, 0.4) is 0 Å². The fourth-order valence-electron chi connectivity index (χ4n) is 2.53. The molecule has 0 amide bonds. The number of halogens is 1. The maximum Gasteiger partial charge on any atom is 0.231 e. The summed E-state index contributed by atoms with van der Waals surface area (Å²) in [5.41, 5.74) is 0. The number of hydrogen-bond donors (Lipinski definition) is 1. The van der Waals surface area contributed by atoms with Crippen molar-refractivity contribution in [3.63, 3.8) is 0 Å². The van der Waals surface area contributed by atoms with Crippen molar-refractivity contribution >= 4 is 23.5 Å². The molecule has 6 heteroatoms. The van der Waals surface area contributed by atoms with Crippen LogP contribution in [0.1, 0.15) is 32.6 Å². The van der Waals surface area contributed by atoms with Gasteiger partial charge in [0.2, 0.25) is 17.2 Å². The van der Waals surface area contributed by atoms with E-state index < -0.39 is 0 Å². The lowest BCUT2D eigenvalue weighted by Gasteiger charge is -2.34. The quantitative estimate of drug-likeness (QED) is 0.914. The second-order valence-electron chi connectivity index (χ2n) is 5.01. The van der Waals surface area contributed by atoms with Crippen LogP contribution in [0, 0.1) is 5.92 Å². The van der Waals surface area contributed by atoms with Gasteiger partial charge in [-0.25, -0.2) is 0 Å². The van der Waals surface area contributed by atoms with Gasteiger partial charge in [0.1, 0.15) is 0 Å². The average molecular weight is 270 g/mol. The van der Waals surface area contributed by atoms with Crippen LogP contribution in [0.2, 0.25) is 5.28 Å². The Morgan fingerprint density at radius 2 is 2.06 bits per heavy atom. The molecule has 0 bridgehead atoms. The van der Waals surface area contributed by atoms with Gasteiger partial charge in [0.25, 0.3) is 0 Å². The van der Waals surface area contributed by atoms with Gasteiger partial charge in [-0.2, -0.15) is 15.0 Å². The molecule has 1 aromatic heterocycles. The largest absolute Gasteiger partial charge is 0.357 e. The molecule has 100 valence electrons. The van der Waals surface area contributed by atoms with E-state index >= 15 is 0 Å². The summed E-state index contributed by atoms with van der Waals surface area (Å²) in [5, 5.41) is 3.14. The highest BCUT2D eigenvalue weighted by Crippen LogP contribution is 2.28. The van der Waals surface area contributed by atoms with Crippen molar-refractivity contribution in [2.24, 2.45) is 5.92 Å². The third-order valence-corrected chi connectivity index (χ3v) is 3.76. The van der Waals surface area contributed by atoms with Gasteiger partial charge < -0.3 is 10.2 Å². The van der Waals surface area contributed by atoms with Crippen LogP contribution in [0.5, 0.6) is 0 Å². The summed E-state index contributed by atoms with van der Waals surface area (Å²) in [7, 11) is 3.81. The number of anilines is 2. The second kappa shape index (κ2) is 5.69. The van der Waals surface area contributed by atoms with E-state index in [1.807, 2.05) is 7.05 Å². The highest BCUT2D eigenvalue weighted by Gasteiger charge is 2.24. The van der Waals surface area contributed by atoms with Crippen LogP contribution >= 0.6 is 11.6 Å². The lowest BCUT2D eigenvalue weighted by Crippen LogP contribution is -2.36. The number of nitrogens with zero attached hydrogens (tertiary/aromatic N) is 4. The molecule has 2 rings (SSSR count). The first-order chi connectivity index (χ1) is 8.60. The summed E-state index contributed by atoms with van der Waals surface area (Å²) < 4.78 is 0. The molecule has 0 aliphatic heterocycles. The van der Waals surface area contributed by atoms with E-state index in [0.717, 1.165) is 5.92 Å². The normalized spacial score (nSPS) is 23.8. The molecule has 1 heterocycles. The minimum Gasteiger partial charge on any atom is -0.357 e. The highest BCUT2D eigenvalue weighted by atomic mass is 35.5. The van der Waals surface area contributed by atoms with E-state index in [4.69, 9.17) is 11.6 Å². The van der Waals surface area contributed by atoms with E-state index in [0.29, 0.717) is 17.9 Å². The Bertz CT molecular complexity index is 411. The zero-order valence-corrected chi connectivity index (χ0v) is 11.9. The molecule has 0 radical (unpaired) electrons. The van der Waals surface area contributed by atoms with Crippen molar-refractivity contribution in [2.75, 3.05) is 24.3 Å². The SMILES string of the molecule is CNc1nc(Cl)nc(N(C)C2CCCC(C)C2)n1. The van der Waals surface area contributed by atoms with E-state index in [2.05, 4.69) is 32.1 Å². The Hall–Kier alpha value is -1.10. The molecule has 18 heavy (non-hydrogen) atoms. The minimum atomic E-state index is 0.236. The summed E-state index contributed by atoms with van der Waals surface area (Å²) >= 11 is 5.91. The maximum atomic E-state index is 5.91. The molecule has 0 saturated heterocycles. The highest BCUT2D eigenvalue weighted by molar-refractivity contribution is 6.28. The number of aromatic nitrogens is 3. The van der Waals surface area contributed by atoms with Gasteiger partial charge >= 0.3 is 0 Å². The summed E-state index contributed by atoms with van der Waals surface area (Å²) in [6, 6.07) is 0.497. The summed E-state index contributed by atoms with van der Waals surface area (Å²) in [5.74, 6) is 1.94. The molecule has 1 aliphatic carbocycles. The molecule has 1 fully saturated rings. The van der Waals surface area contributed by atoms with Gasteiger partial charge in [-0.3, -0.25) is 0 Å². The Morgan fingerprint density at radius 3 is 2.72 bits per heavy atom. The van der Waals surface area contributed by atoms with Crippen LogP contribution in [0.15, 0.2) is 0 Å². The predicted octanol–water partition coefficient (Wildman–Crippen LogP) is 2.58. The summed E-state index contributed by atoms with van der Waals surface area (Å²) in [4.78, 5) is 14.7. The Balaban J connectivity index is 2.16. The van der Waals surface area contributed by atoms with Crippen molar-refractivity contribution in [1.29, 1.82) is 0 Å². The molecule has 1 saturated carbocycles. The van der Waals surface area contributed by atoms with Gasteiger partial charge in [-0.05, 0) is 30.4 Å². The van der Waals surface area contributed by atoms with Gasteiger partial charge in [0, 0.05) is 20.1 Å². The van der Waals surface area contributed by atoms with E-state index in [9.17, 15) is 0 Å². The third kappa shape index (κ3) is 3.02. The maximum absolute atomic E-state index is 5.91. The third-order valence-electron chi connectivity index (χ3n) is 3.59. The van der Waals surface area contributed by atoms with Crippen molar-refractivity contribution in [2.45, 2.75) is 38.6 Å². The number of hydrogen-bond acceptors (Lipinski definition) is 5. The molecule has 5 nitrogen and oxygen atoms in total. The topological polar surface area (TPSA) is 53.9 Å². The Kier molecular flexibility index (Phi) is 4.22. The molecule has 1 N–H and O–H groups in total. The van der Waals surface area contributed by atoms with Crippen LogP contribution < -0.4 is 10.2 Å². The zero-order chi connectivity index (χ0) is 13.1. The standard InChI is InChI=1S/C12H20ClN5/c1-8-5-4-6-9(7-8)18(3)12-16-10(13)15-11(14-2)17-12/h8-9H,4-7H2,1-3H3,(H,14,15,16,17). The molecular formula is C12H20ClN5. The van der Waals surface area contributed by atoms with Crippen molar-refractivity contribution < 1.29 is 0 Å². The van der Waals surface area contributed by atoms with Crippen LogP contribution in [0.25, 0.3) is 0 Å². The lowest BCUT2D eigenvalue weighted by atomic mass is 9.86. The monoisotopic (exact) mass is 269 g/mol. The van der Waals surface area contributed by atoms with Crippen LogP contribution in [-0.2, 0) is 0 Å². The van der Waals surface area contributed by atoms with Gasteiger partial charge in [0.05, 0.1) is 0 Å². The number of rotatable bonds is 3. The molecule has 0 aromatic carbocycles. The first-order valence-corrected chi connectivity index (χ1v) is 6.80. The lowest BCUT2D eigenvalue weighted by molar-refractivity contribution is 0.334. The molecule has 1 aromatic rings. The Morgan fingerprint density at radius 1 is 1.28 bits per heavy atom. The smallest absolute Gasteiger partial charge is 0.231 e. The Labute approximate surface area is 113 Å². The van der Waals surface area contributed by atoms with Gasteiger partial charge in [-0.15, -0.1) is 0 Å². The van der Waals surface area contributed by atoms with Crippen molar-refractivity contribution in [1.82, 2.24) is 15.0 Å². The summed E-state index contributed by atoms with van der Waals surface area (Å²) in [6.07, 6.45) is 4.98. The first kappa shape index (κ1) is 13.3. The van der Waals surface area contributed by atoms with Gasteiger partial charge in [-0.1, -0.05) is 19.8 Å². The van der Waals surface area contributed by atoms with E-state index in [-0.39, 0.29) is 5.28 Å². The van der Waals surface area contributed by atoms with Crippen LogP contribution in [0.4, 0.5) is 11.9 Å². The zero-order valence-electron chi connectivity index (χ0n) is 11.1. The fourth-order valence-corrected chi connectivity index (χ4v) is 2.68. The second-order valence-corrected chi connectivity index (χ2v) is 5.35. The average Bonchev–Trinajstić information content (AvgIpc) is 2.37. The van der Waals surface area contributed by atoms with Gasteiger partial charge in [0.15, 0.2) is 0 Å². The number of nitrogens with one attached hydrogen (secondary N) is 1. The van der Waals surface area contributed by atoms with E-state index in [1.165, 1.54) is 25.7 Å². The molecule has 1 aliphatic rings. The molecular weight excluding hydrogens is 250 g/mol. The molecule has 2 atom stereocenters. The van der Waals surface area contributed by atoms with Crippen LogP contribution in [-0.4, -0.2) is 35.1 Å². The molecule has 0 spiro atoms. The molecule has 2 unspecified atom stereocenters. The summed E-state index contributed by atoms with van der Waals surface area (Å²) in [6.45, 7) is 2.30. The van der Waals surface area contributed by atoms with E-state index in [1.54, 1.807) is 7.05 Å². The minimum absolute atomic E-state index is 0.236. The fraction of sp³-hybridized carbons (Fsp3) is 0.750. The van der Waals surface area contributed by atoms with Crippen molar-refractivity contribution in [3.05, 3.63) is 5.28 Å². The van der Waals surface area contributed by atoms with Crippen molar-refractivity contribution in [3.8, 4) is 0 Å². The predicted molar refractivity (Wildman–Crippen MR) is 74.2 cm³/mol.